The Morgan fingerprint density at radius 1 is 1.14 bits per heavy atom. The summed E-state index contributed by atoms with van der Waals surface area (Å²) in [7, 11) is 0. The predicted molar refractivity (Wildman–Crippen MR) is 93.6 cm³/mol. The summed E-state index contributed by atoms with van der Waals surface area (Å²) in [5.74, 6) is -0.0412. The van der Waals surface area contributed by atoms with Crippen LogP contribution < -0.4 is 10.6 Å². The molecule has 2 aromatic rings. The number of benzene rings is 1. The van der Waals surface area contributed by atoms with E-state index in [1.54, 1.807) is 12.5 Å². The van der Waals surface area contributed by atoms with Crippen LogP contribution in [0.25, 0.3) is 5.69 Å². The fourth-order valence-electron chi connectivity index (χ4n) is 1.87. The van der Waals surface area contributed by atoms with E-state index in [1.807, 2.05) is 35.0 Å². The first kappa shape index (κ1) is 20.4. The van der Waals surface area contributed by atoms with Gasteiger partial charge in [0.25, 0.3) is 5.91 Å². The van der Waals surface area contributed by atoms with Crippen molar-refractivity contribution in [3.8, 4) is 5.69 Å². The van der Waals surface area contributed by atoms with Gasteiger partial charge < -0.3 is 15.2 Å². The van der Waals surface area contributed by atoms with Crippen molar-refractivity contribution in [1.29, 1.82) is 0 Å². The van der Waals surface area contributed by atoms with E-state index in [1.165, 1.54) is 0 Å². The Kier molecular flexibility index (Phi) is 10.3. The molecule has 0 saturated heterocycles. The number of hydrogen-bond donors (Lipinski definition) is 2. The molecule has 0 fully saturated rings. The van der Waals surface area contributed by atoms with Crippen LogP contribution in [0.2, 0.25) is 0 Å². The van der Waals surface area contributed by atoms with Crippen LogP contribution in [0.5, 0.6) is 0 Å². The fraction of sp³-hybridized carbons (Fsp3) is 0.333. The number of imidazole rings is 1. The van der Waals surface area contributed by atoms with Gasteiger partial charge in [0, 0.05) is 36.7 Å². The molecule has 0 unspecified atom stereocenters. The number of nitrogens with one attached hydrogen (secondary N) is 2. The van der Waals surface area contributed by atoms with Crippen molar-refractivity contribution in [2.24, 2.45) is 0 Å². The Morgan fingerprint density at radius 2 is 1.86 bits per heavy atom. The molecule has 0 aliphatic rings. The molecule has 1 aromatic heterocycles. The number of amides is 1. The summed E-state index contributed by atoms with van der Waals surface area (Å²) in [5, 5.41) is 6.14. The van der Waals surface area contributed by atoms with Gasteiger partial charge in [0.1, 0.15) is 0 Å². The molecule has 0 spiro atoms. The van der Waals surface area contributed by atoms with Gasteiger partial charge >= 0.3 is 0 Å². The molecular weight excluding hydrogens is 323 g/mol. The third-order valence-electron chi connectivity index (χ3n) is 2.95. The number of aromatic nitrogens is 2. The van der Waals surface area contributed by atoms with E-state index in [-0.39, 0.29) is 30.7 Å². The molecule has 0 saturated carbocycles. The summed E-state index contributed by atoms with van der Waals surface area (Å²) in [6.45, 7) is 4.54. The fourth-order valence-corrected chi connectivity index (χ4v) is 1.87. The van der Waals surface area contributed by atoms with E-state index in [0.29, 0.717) is 12.1 Å². The van der Waals surface area contributed by atoms with Crippen LogP contribution in [0, 0.1) is 0 Å². The second-order valence-corrected chi connectivity index (χ2v) is 4.52. The van der Waals surface area contributed by atoms with Crippen molar-refractivity contribution in [3.05, 3.63) is 48.5 Å². The molecule has 0 aliphatic heterocycles. The van der Waals surface area contributed by atoms with Crippen LogP contribution in [0.15, 0.2) is 43.0 Å². The SMILES string of the molecule is CCCNCCNC(=O)c1ccc(-n2ccnc2)cc1.Cl.Cl. The number of halogens is 2. The zero-order valence-electron chi connectivity index (χ0n) is 12.5. The number of nitrogens with zero attached hydrogens (tertiary/aromatic N) is 2. The van der Waals surface area contributed by atoms with Crippen molar-refractivity contribution in [3.63, 3.8) is 0 Å². The maximum absolute atomic E-state index is 11.9. The summed E-state index contributed by atoms with van der Waals surface area (Å²) in [5.41, 5.74) is 1.66. The Morgan fingerprint density at radius 3 is 2.45 bits per heavy atom. The highest BCUT2D eigenvalue weighted by atomic mass is 35.5. The average molecular weight is 345 g/mol. The summed E-state index contributed by atoms with van der Waals surface area (Å²) in [6, 6.07) is 7.46. The molecule has 0 bridgehead atoms. The van der Waals surface area contributed by atoms with Crippen LogP contribution >= 0.6 is 24.8 Å². The van der Waals surface area contributed by atoms with E-state index < -0.39 is 0 Å². The predicted octanol–water partition coefficient (Wildman–Crippen LogP) is 2.45. The maximum Gasteiger partial charge on any atom is 0.251 e. The largest absolute Gasteiger partial charge is 0.351 e. The second kappa shape index (κ2) is 11.1. The van der Waals surface area contributed by atoms with Crippen molar-refractivity contribution < 1.29 is 4.79 Å². The van der Waals surface area contributed by atoms with Crippen molar-refractivity contribution in [2.45, 2.75) is 13.3 Å². The molecule has 122 valence electrons. The minimum absolute atomic E-state index is 0. The number of carbonyl (C=O) groups is 1. The zero-order valence-corrected chi connectivity index (χ0v) is 14.1. The van der Waals surface area contributed by atoms with Crippen LogP contribution in [-0.4, -0.2) is 35.1 Å². The summed E-state index contributed by atoms with van der Waals surface area (Å²) < 4.78 is 1.90. The normalized spacial score (nSPS) is 9.50. The van der Waals surface area contributed by atoms with Crippen LogP contribution in [0.4, 0.5) is 0 Å². The minimum Gasteiger partial charge on any atom is -0.351 e. The first-order valence-electron chi connectivity index (χ1n) is 6.88. The molecule has 1 heterocycles. The topological polar surface area (TPSA) is 58.9 Å². The highest BCUT2D eigenvalue weighted by Gasteiger charge is 2.04. The second-order valence-electron chi connectivity index (χ2n) is 4.52. The summed E-state index contributed by atoms with van der Waals surface area (Å²) in [4.78, 5) is 15.9. The van der Waals surface area contributed by atoms with E-state index in [4.69, 9.17) is 0 Å². The van der Waals surface area contributed by atoms with Gasteiger partial charge in [-0.15, -0.1) is 24.8 Å². The Hall–Kier alpha value is -1.56. The van der Waals surface area contributed by atoms with Gasteiger partial charge in [0.2, 0.25) is 0 Å². The van der Waals surface area contributed by atoms with E-state index >= 15 is 0 Å². The molecule has 5 nitrogen and oxygen atoms in total. The highest BCUT2D eigenvalue weighted by molar-refractivity contribution is 5.94. The molecule has 7 heteroatoms. The standard InChI is InChI=1S/C15H20N4O.2ClH/c1-2-7-16-8-9-18-15(20)13-3-5-14(6-4-13)19-11-10-17-12-19;;/h3-6,10-12,16H,2,7-9H2,1H3,(H,18,20);2*1H. The first-order chi connectivity index (χ1) is 9.81. The molecule has 2 rings (SSSR count). The van der Waals surface area contributed by atoms with Gasteiger partial charge in [0.15, 0.2) is 0 Å². The number of rotatable bonds is 7. The van der Waals surface area contributed by atoms with Gasteiger partial charge in [-0.25, -0.2) is 4.98 Å². The minimum atomic E-state index is -0.0412. The number of carbonyl (C=O) groups excluding carboxylic acids is 1. The maximum atomic E-state index is 11.9. The lowest BCUT2D eigenvalue weighted by atomic mass is 10.2. The molecule has 0 radical (unpaired) electrons. The third kappa shape index (κ3) is 6.05. The van der Waals surface area contributed by atoms with E-state index in [0.717, 1.165) is 25.2 Å². The van der Waals surface area contributed by atoms with Crippen LogP contribution in [-0.2, 0) is 0 Å². The molecule has 0 atom stereocenters. The first-order valence-corrected chi connectivity index (χ1v) is 6.88. The molecule has 2 N–H and O–H groups in total. The Bertz CT molecular complexity index is 529. The lowest BCUT2D eigenvalue weighted by Gasteiger charge is -2.07. The molecular formula is C15H22Cl2N4O. The monoisotopic (exact) mass is 344 g/mol. The summed E-state index contributed by atoms with van der Waals surface area (Å²) >= 11 is 0. The average Bonchev–Trinajstić information content (AvgIpc) is 3.01. The van der Waals surface area contributed by atoms with Gasteiger partial charge in [-0.1, -0.05) is 6.92 Å². The molecule has 0 aliphatic carbocycles. The molecule has 1 aromatic carbocycles. The Balaban J connectivity index is 0.00000220. The van der Waals surface area contributed by atoms with Gasteiger partial charge in [-0.3, -0.25) is 4.79 Å². The van der Waals surface area contributed by atoms with Crippen molar-refractivity contribution >= 4 is 30.7 Å². The highest BCUT2D eigenvalue weighted by Crippen LogP contribution is 2.09. The zero-order chi connectivity index (χ0) is 14.2. The third-order valence-corrected chi connectivity index (χ3v) is 2.95. The van der Waals surface area contributed by atoms with Crippen LogP contribution in [0.1, 0.15) is 23.7 Å². The Labute approximate surface area is 143 Å². The smallest absolute Gasteiger partial charge is 0.251 e. The van der Waals surface area contributed by atoms with Gasteiger partial charge in [0.05, 0.1) is 6.33 Å². The van der Waals surface area contributed by atoms with Gasteiger partial charge in [-0.2, -0.15) is 0 Å². The summed E-state index contributed by atoms with van der Waals surface area (Å²) in [6.07, 6.45) is 6.43. The molecule has 1 amide bonds. The lowest BCUT2D eigenvalue weighted by Crippen LogP contribution is -2.32. The molecule has 22 heavy (non-hydrogen) atoms. The quantitative estimate of drug-likeness (QED) is 0.758. The van der Waals surface area contributed by atoms with Crippen molar-refractivity contribution in [2.75, 3.05) is 19.6 Å². The van der Waals surface area contributed by atoms with Gasteiger partial charge in [-0.05, 0) is 37.2 Å². The van der Waals surface area contributed by atoms with Crippen molar-refractivity contribution in [1.82, 2.24) is 20.2 Å². The van der Waals surface area contributed by atoms with Crippen LogP contribution in [0.3, 0.4) is 0 Å². The van der Waals surface area contributed by atoms with E-state index in [9.17, 15) is 4.79 Å². The number of hydrogen-bond acceptors (Lipinski definition) is 3. The lowest BCUT2D eigenvalue weighted by molar-refractivity contribution is 0.0954. The van der Waals surface area contributed by atoms with E-state index in [2.05, 4.69) is 22.5 Å².